The zero-order chi connectivity index (χ0) is 18.8. The number of hydrogen-bond acceptors (Lipinski definition) is 5. The molecular formula is C19H15FN4OS2. The molecule has 2 aromatic carbocycles. The molecule has 0 aliphatic carbocycles. The highest BCUT2D eigenvalue weighted by Gasteiger charge is 2.10. The van der Waals surface area contributed by atoms with Gasteiger partial charge in [0.05, 0.1) is 22.5 Å². The van der Waals surface area contributed by atoms with Crippen molar-refractivity contribution in [1.29, 1.82) is 0 Å². The van der Waals surface area contributed by atoms with Crippen LogP contribution in [0.3, 0.4) is 0 Å². The number of carbonyl (C=O) groups excluding carboxylic acids is 1. The Morgan fingerprint density at radius 3 is 2.85 bits per heavy atom. The second-order valence-corrected chi connectivity index (χ2v) is 7.77. The van der Waals surface area contributed by atoms with Gasteiger partial charge in [0.2, 0.25) is 5.91 Å². The van der Waals surface area contributed by atoms with Gasteiger partial charge in [-0.05, 0) is 48.9 Å². The van der Waals surface area contributed by atoms with Crippen LogP contribution in [0.5, 0.6) is 0 Å². The van der Waals surface area contributed by atoms with Gasteiger partial charge in [-0.25, -0.2) is 14.4 Å². The molecule has 0 spiro atoms. The van der Waals surface area contributed by atoms with Gasteiger partial charge in [0.1, 0.15) is 5.82 Å². The zero-order valence-electron chi connectivity index (χ0n) is 14.3. The molecule has 4 aromatic rings. The Bertz CT molecular complexity index is 1100. The number of aromatic amines is 1. The molecule has 27 heavy (non-hydrogen) atoms. The summed E-state index contributed by atoms with van der Waals surface area (Å²) in [5.41, 5.74) is 4.51. The minimum atomic E-state index is -0.291. The number of carbonyl (C=O) groups is 1. The molecule has 5 nitrogen and oxygen atoms in total. The van der Waals surface area contributed by atoms with Gasteiger partial charge in [-0.2, -0.15) is 0 Å². The number of halogens is 1. The topological polar surface area (TPSA) is 70.7 Å². The van der Waals surface area contributed by atoms with Gasteiger partial charge in [-0.1, -0.05) is 17.8 Å². The third-order valence-corrected chi connectivity index (χ3v) is 5.48. The van der Waals surface area contributed by atoms with Crippen LogP contribution in [-0.2, 0) is 4.79 Å². The number of amides is 1. The van der Waals surface area contributed by atoms with E-state index in [1.165, 1.54) is 35.2 Å². The fourth-order valence-electron chi connectivity index (χ4n) is 2.54. The maximum absolute atomic E-state index is 13.0. The van der Waals surface area contributed by atoms with E-state index in [0.29, 0.717) is 16.0 Å². The molecule has 0 bridgehead atoms. The van der Waals surface area contributed by atoms with Crippen molar-refractivity contribution in [1.82, 2.24) is 15.0 Å². The van der Waals surface area contributed by atoms with E-state index in [9.17, 15) is 9.18 Å². The summed E-state index contributed by atoms with van der Waals surface area (Å²) in [6, 6.07) is 12.1. The van der Waals surface area contributed by atoms with Crippen LogP contribution in [0.1, 0.15) is 5.56 Å². The first-order valence-corrected chi connectivity index (χ1v) is 10.0. The van der Waals surface area contributed by atoms with Crippen molar-refractivity contribution in [2.45, 2.75) is 12.1 Å². The Morgan fingerprint density at radius 1 is 1.22 bits per heavy atom. The lowest BCUT2D eigenvalue weighted by Gasteiger charge is -2.00. The third-order valence-electron chi connectivity index (χ3n) is 3.85. The van der Waals surface area contributed by atoms with Crippen LogP contribution in [-0.4, -0.2) is 26.6 Å². The van der Waals surface area contributed by atoms with Gasteiger partial charge >= 0.3 is 0 Å². The lowest BCUT2D eigenvalue weighted by Crippen LogP contribution is -2.13. The average molecular weight is 398 g/mol. The first-order chi connectivity index (χ1) is 13.1. The highest BCUT2D eigenvalue weighted by atomic mass is 32.2. The molecule has 1 amide bonds. The largest absolute Gasteiger partial charge is 0.333 e. The van der Waals surface area contributed by atoms with Gasteiger partial charge in [0.25, 0.3) is 0 Å². The minimum absolute atomic E-state index is 0.156. The number of nitrogens with one attached hydrogen (secondary N) is 2. The molecule has 0 atom stereocenters. The SMILES string of the molecule is Cc1ccc2nc(SCC(=O)Nc3nc(-c4ccc(F)cc4)cs3)[nH]c2c1. The normalized spacial score (nSPS) is 11.0. The molecule has 0 radical (unpaired) electrons. The lowest BCUT2D eigenvalue weighted by atomic mass is 10.2. The maximum Gasteiger partial charge on any atom is 0.236 e. The van der Waals surface area contributed by atoms with Crippen LogP contribution in [0.2, 0.25) is 0 Å². The predicted molar refractivity (Wildman–Crippen MR) is 108 cm³/mol. The second kappa shape index (κ2) is 7.50. The number of H-pyrrole nitrogens is 1. The molecule has 2 N–H and O–H groups in total. The molecule has 136 valence electrons. The summed E-state index contributed by atoms with van der Waals surface area (Å²) in [5, 5.41) is 5.84. The van der Waals surface area contributed by atoms with Crippen LogP contribution in [0, 0.1) is 12.7 Å². The molecule has 0 unspecified atom stereocenters. The highest BCUT2D eigenvalue weighted by Crippen LogP contribution is 2.25. The molecule has 2 aromatic heterocycles. The Kier molecular flexibility index (Phi) is 4.91. The number of anilines is 1. The fourth-order valence-corrected chi connectivity index (χ4v) is 3.96. The summed E-state index contributed by atoms with van der Waals surface area (Å²) in [6.45, 7) is 2.02. The van der Waals surface area contributed by atoms with Crippen molar-refractivity contribution < 1.29 is 9.18 Å². The van der Waals surface area contributed by atoms with Crippen molar-refractivity contribution in [2.24, 2.45) is 0 Å². The van der Waals surface area contributed by atoms with Crippen molar-refractivity contribution in [3.05, 3.63) is 59.2 Å². The first kappa shape index (κ1) is 17.7. The summed E-state index contributed by atoms with van der Waals surface area (Å²) < 4.78 is 13.0. The Labute approximate surface area is 163 Å². The smallest absolute Gasteiger partial charge is 0.236 e. The van der Waals surface area contributed by atoms with Gasteiger partial charge < -0.3 is 10.3 Å². The number of aromatic nitrogens is 3. The summed E-state index contributed by atoms with van der Waals surface area (Å²) >= 11 is 2.68. The number of fused-ring (bicyclic) bond motifs is 1. The highest BCUT2D eigenvalue weighted by molar-refractivity contribution is 7.99. The Morgan fingerprint density at radius 2 is 2.04 bits per heavy atom. The summed E-state index contributed by atoms with van der Waals surface area (Å²) in [6.07, 6.45) is 0. The molecule has 8 heteroatoms. The number of thioether (sulfide) groups is 1. The molecule has 0 saturated heterocycles. The van der Waals surface area contributed by atoms with Crippen LogP contribution in [0.25, 0.3) is 22.3 Å². The average Bonchev–Trinajstić information content (AvgIpc) is 3.27. The molecule has 0 aliphatic rings. The number of hydrogen-bond donors (Lipinski definition) is 2. The van der Waals surface area contributed by atoms with E-state index < -0.39 is 0 Å². The molecular weight excluding hydrogens is 383 g/mol. The monoisotopic (exact) mass is 398 g/mol. The van der Waals surface area contributed by atoms with Gasteiger partial charge in [0.15, 0.2) is 10.3 Å². The summed E-state index contributed by atoms with van der Waals surface area (Å²) in [7, 11) is 0. The molecule has 0 saturated carbocycles. The third kappa shape index (κ3) is 4.17. The van der Waals surface area contributed by atoms with E-state index in [2.05, 4.69) is 20.3 Å². The zero-order valence-corrected chi connectivity index (χ0v) is 16.0. The van der Waals surface area contributed by atoms with Crippen LogP contribution < -0.4 is 5.32 Å². The number of imidazole rings is 1. The van der Waals surface area contributed by atoms with Crippen molar-refractivity contribution >= 4 is 45.2 Å². The van der Waals surface area contributed by atoms with Crippen molar-refractivity contribution in [3.8, 4) is 11.3 Å². The lowest BCUT2D eigenvalue weighted by molar-refractivity contribution is -0.113. The predicted octanol–water partition coefficient (Wildman–Crippen LogP) is 4.86. The molecule has 0 aliphatic heterocycles. The van der Waals surface area contributed by atoms with Crippen LogP contribution >= 0.6 is 23.1 Å². The maximum atomic E-state index is 13.0. The van der Waals surface area contributed by atoms with E-state index in [0.717, 1.165) is 22.2 Å². The van der Waals surface area contributed by atoms with E-state index in [-0.39, 0.29) is 17.5 Å². The van der Waals surface area contributed by atoms with Crippen molar-refractivity contribution in [3.63, 3.8) is 0 Å². The Hall–Kier alpha value is -2.71. The van der Waals surface area contributed by atoms with E-state index in [1.54, 1.807) is 12.1 Å². The van der Waals surface area contributed by atoms with E-state index >= 15 is 0 Å². The number of nitrogens with zero attached hydrogens (tertiary/aromatic N) is 2. The number of aryl methyl sites for hydroxylation is 1. The van der Waals surface area contributed by atoms with Crippen LogP contribution in [0.15, 0.2) is 53.0 Å². The van der Waals surface area contributed by atoms with Crippen molar-refractivity contribution in [2.75, 3.05) is 11.1 Å². The quantitative estimate of drug-likeness (QED) is 0.471. The second-order valence-electron chi connectivity index (χ2n) is 5.94. The van der Waals surface area contributed by atoms with E-state index in [4.69, 9.17) is 0 Å². The first-order valence-electron chi connectivity index (χ1n) is 8.17. The number of rotatable bonds is 5. The molecule has 0 fully saturated rings. The summed E-state index contributed by atoms with van der Waals surface area (Å²) in [5.74, 6) is -0.221. The van der Waals surface area contributed by atoms with Gasteiger partial charge in [0, 0.05) is 10.9 Å². The molecule has 4 rings (SSSR count). The number of thiazole rings is 1. The fraction of sp³-hybridized carbons (Fsp3) is 0.105. The van der Waals surface area contributed by atoms with E-state index in [1.807, 2.05) is 30.5 Å². The minimum Gasteiger partial charge on any atom is -0.333 e. The summed E-state index contributed by atoms with van der Waals surface area (Å²) in [4.78, 5) is 24.3. The molecule has 2 heterocycles. The van der Waals surface area contributed by atoms with Gasteiger partial charge in [-0.3, -0.25) is 4.79 Å². The number of benzene rings is 2. The van der Waals surface area contributed by atoms with Crippen LogP contribution in [0.4, 0.5) is 9.52 Å². The van der Waals surface area contributed by atoms with Gasteiger partial charge in [-0.15, -0.1) is 11.3 Å². The Balaban J connectivity index is 1.37. The standard InChI is InChI=1S/C19H15FN4OS2/c1-11-2-7-14-15(8-11)22-18(21-14)27-10-17(25)24-19-23-16(9-26-19)12-3-5-13(20)6-4-12/h2-9H,10H2,1H3,(H,21,22)(H,23,24,25).